The highest BCUT2D eigenvalue weighted by molar-refractivity contribution is 14.0. The number of hydrogen-bond donors (Lipinski definition) is 1. The molecule has 1 fully saturated rings. The quantitative estimate of drug-likeness (QED) is 0.370. The van der Waals surface area contributed by atoms with Crippen LogP contribution >= 0.6 is 24.0 Å². The summed E-state index contributed by atoms with van der Waals surface area (Å²) in [6.07, 6.45) is 0.544. The molecule has 3 rings (SSSR count). The summed E-state index contributed by atoms with van der Waals surface area (Å²) in [6.45, 7) is 0.690. The molecule has 1 N–H and O–H groups in total. The van der Waals surface area contributed by atoms with Gasteiger partial charge in [-0.3, -0.25) is 9.67 Å². The lowest BCUT2D eigenvalue weighted by Gasteiger charge is -2.22. The van der Waals surface area contributed by atoms with Crippen LogP contribution in [0.15, 0.2) is 41.7 Å². The van der Waals surface area contributed by atoms with Crippen molar-refractivity contribution in [2.75, 3.05) is 26.7 Å². The SMILES string of the molecule is CN=C(NCc1ccccc1OCC(F)(F)F)N1CCC(c2cnn(C)c2)C1.I. The molecule has 6 nitrogen and oxygen atoms in total. The third-order valence-electron chi connectivity index (χ3n) is 4.70. The van der Waals surface area contributed by atoms with E-state index in [1.54, 1.807) is 36.0 Å². The van der Waals surface area contributed by atoms with Gasteiger partial charge in [-0.25, -0.2) is 0 Å². The van der Waals surface area contributed by atoms with Gasteiger partial charge in [-0.1, -0.05) is 18.2 Å². The first-order valence-corrected chi connectivity index (χ1v) is 9.07. The van der Waals surface area contributed by atoms with Gasteiger partial charge in [0.2, 0.25) is 0 Å². The molecule has 1 aromatic heterocycles. The predicted molar refractivity (Wildman–Crippen MR) is 116 cm³/mol. The van der Waals surface area contributed by atoms with Crippen LogP contribution in [0, 0.1) is 0 Å². The predicted octanol–water partition coefficient (Wildman–Crippen LogP) is 3.54. The number of nitrogens with one attached hydrogen (secondary N) is 1. The van der Waals surface area contributed by atoms with Crippen molar-refractivity contribution in [3.63, 3.8) is 0 Å². The normalized spacial score (nSPS) is 17.2. The number of ether oxygens (including phenoxy) is 1. The van der Waals surface area contributed by atoms with E-state index in [1.165, 1.54) is 5.56 Å². The van der Waals surface area contributed by atoms with Crippen molar-refractivity contribution < 1.29 is 17.9 Å². The number of aromatic nitrogens is 2. The van der Waals surface area contributed by atoms with E-state index in [0.717, 1.165) is 25.5 Å². The second-order valence-corrected chi connectivity index (χ2v) is 6.79. The highest BCUT2D eigenvalue weighted by Gasteiger charge is 2.29. The smallest absolute Gasteiger partial charge is 0.422 e. The number of guanidine groups is 1. The summed E-state index contributed by atoms with van der Waals surface area (Å²) in [5, 5.41) is 7.47. The fraction of sp³-hybridized carbons (Fsp3) is 0.474. The van der Waals surface area contributed by atoms with Crippen molar-refractivity contribution in [3.05, 3.63) is 47.8 Å². The number of alkyl halides is 3. The van der Waals surface area contributed by atoms with E-state index < -0.39 is 12.8 Å². The molecule has 2 aromatic rings. The third kappa shape index (κ3) is 6.51. The van der Waals surface area contributed by atoms with E-state index in [9.17, 15) is 13.2 Å². The summed E-state index contributed by atoms with van der Waals surface area (Å²) in [5.74, 6) is 1.32. The van der Waals surface area contributed by atoms with Crippen molar-refractivity contribution in [1.82, 2.24) is 20.0 Å². The average Bonchev–Trinajstić information content (AvgIpc) is 3.30. The van der Waals surface area contributed by atoms with Gasteiger partial charge in [-0.15, -0.1) is 24.0 Å². The summed E-state index contributed by atoms with van der Waals surface area (Å²) < 4.78 is 44.1. The van der Waals surface area contributed by atoms with Gasteiger partial charge < -0.3 is 15.0 Å². The number of para-hydroxylation sites is 1. The van der Waals surface area contributed by atoms with E-state index in [4.69, 9.17) is 4.74 Å². The van der Waals surface area contributed by atoms with E-state index in [2.05, 4.69) is 20.3 Å². The lowest BCUT2D eigenvalue weighted by Crippen LogP contribution is -2.39. The molecule has 1 aromatic carbocycles. The molecule has 0 radical (unpaired) electrons. The summed E-state index contributed by atoms with van der Waals surface area (Å²) >= 11 is 0. The van der Waals surface area contributed by atoms with Crippen LogP contribution in [0.1, 0.15) is 23.5 Å². The first-order chi connectivity index (χ1) is 13.4. The fourth-order valence-electron chi connectivity index (χ4n) is 3.33. The minimum Gasteiger partial charge on any atom is -0.484 e. The zero-order valence-corrected chi connectivity index (χ0v) is 18.6. The first-order valence-electron chi connectivity index (χ1n) is 9.07. The van der Waals surface area contributed by atoms with Gasteiger partial charge in [0.25, 0.3) is 0 Å². The highest BCUT2D eigenvalue weighted by Crippen LogP contribution is 2.27. The lowest BCUT2D eigenvalue weighted by molar-refractivity contribution is -0.153. The Hall–Kier alpha value is -1.98. The largest absolute Gasteiger partial charge is 0.484 e. The second-order valence-electron chi connectivity index (χ2n) is 6.79. The molecule has 1 saturated heterocycles. The van der Waals surface area contributed by atoms with Crippen LogP contribution in [0.3, 0.4) is 0 Å². The van der Waals surface area contributed by atoms with Crippen LogP contribution in [-0.2, 0) is 13.6 Å². The van der Waals surface area contributed by atoms with Crippen molar-refractivity contribution in [3.8, 4) is 5.75 Å². The topological polar surface area (TPSA) is 54.7 Å². The third-order valence-corrected chi connectivity index (χ3v) is 4.70. The molecule has 10 heteroatoms. The van der Waals surface area contributed by atoms with Gasteiger partial charge in [0.05, 0.1) is 6.20 Å². The average molecular weight is 523 g/mol. The molecular weight excluding hydrogens is 498 g/mol. The molecule has 0 amide bonds. The summed E-state index contributed by atoms with van der Waals surface area (Å²) in [6, 6.07) is 6.71. The first kappa shape index (κ1) is 23.3. The molecule has 1 atom stereocenters. The molecule has 0 spiro atoms. The maximum Gasteiger partial charge on any atom is 0.422 e. The minimum atomic E-state index is -4.37. The second kappa shape index (κ2) is 10.2. The van der Waals surface area contributed by atoms with Crippen molar-refractivity contribution in [1.29, 1.82) is 0 Å². The van der Waals surface area contributed by atoms with E-state index >= 15 is 0 Å². The number of likely N-dealkylation sites (tertiary alicyclic amines) is 1. The van der Waals surface area contributed by atoms with Crippen LogP contribution in [0.5, 0.6) is 5.75 Å². The number of halogens is 4. The van der Waals surface area contributed by atoms with Crippen LogP contribution in [0.4, 0.5) is 13.2 Å². The maximum atomic E-state index is 12.5. The van der Waals surface area contributed by atoms with Gasteiger partial charge in [-0.2, -0.15) is 18.3 Å². The van der Waals surface area contributed by atoms with Crippen LogP contribution in [0.2, 0.25) is 0 Å². The zero-order valence-electron chi connectivity index (χ0n) is 16.3. The molecule has 0 saturated carbocycles. The number of benzene rings is 1. The van der Waals surface area contributed by atoms with Crippen LogP contribution in [0.25, 0.3) is 0 Å². The van der Waals surface area contributed by atoms with Gasteiger partial charge in [0.1, 0.15) is 5.75 Å². The number of nitrogens with zero attached hydrogens (tertiary/aromatic N) is 4. The van der Waals surface area contributed by atoms with Gasteiger partial charge in [0.15, 0.2) is 12.6 Å². The Labute approximate surface area is 185 Å². The lowest BCUT2D eigenvalue weighted by atomic mass is 10.0. The number of hydrogen-bond acceptors (Lipinski definition) is 3. The maximum absolute atomic E-state index is 12.5. The van der Waals surface area contributed by atoms with Crippen molar-refractivity contribution in [2.45, 2.75) is 25.1 Å². The molecule has 1 aliphatic heterocycles. The highest BCUT2D eigenvalue weighted by atomic mass is 127. The van der Waals surface area contributed by atoms with Crippen molar-refractivity contribution in [2.24, 2.45) is 12.0 Å². The number of rotatable bonds is 5. The van der Waals surface area contributed by atoms with E-state index in [-0.39, 0.29) is 29.7 Å². The molecular formula is C19H25F3IN5O. The summed E-state index contributed by atoms with van der Waals surface area (Å²) in [7, 11) is 3.60. The fourth-order valence-corrected chi connectivity index (χ4v) is 3.33. The Morgan fingerprint density at radius 1 is 1.34 bits per heavy atom. The molecule has 160 valence electrons. The van der Waals surface area contributed by atoms with Crippen LogP contribution in [-0.4, -0.2) is 53.6 Å². The summed E-state index contributed by atoms with van der Waals surface area (Å²) in [4.78, 5) is 6.47. The monoisotopic (exact) mass is 523 g/mol. The molecule has 1 unspecified atom stereocenters. The molecule has 2 heterocycles. The van der Waals surface area contributed by atoms with Gasteiger partial charge >= 0.3 is 6.18 Å². The summed E-state index contributed by atoms with van der Waals surface area (Å²) in [5.41, 5.74) is 1.85. The standard InChI is InChI=1S/C19H24F3N5O.HI/c1-23-18(27-8-7-15(12-27)16-10-25-26(2)11-16)24-9-14-5-3-4-6-17(14)28-13-19(20,21)22;/h3-6,10-11,15H,7-9,12-13H2,1-2H3,(H,23,24);1H. The zero-order chi connectivity index (χ0) is 20.1. The Morgan fingerprint density at radius 3 is 2.76 bits per heavy atom. The Balaban J connectivity index is 0.00000300. The molecule has 29 heavy (non-hydrogen) atoms. The minimum absolute atomic E-state index is 0. The Morgan fingerprint density at radius 2 is 2.10 bits per heavy atom. The number of aryl methyl sites for hydroxylation is 1. The number of aliphatic imine (C=N–C) groups is 1. The van der Waals surface area contributed by atoms with E-state index in [1.807, 2.05) is 19.4 Å². The van der Waals surface area contributed by atoms with E-state index in [0.29, 0.717) is 18.0 Å². The van der Waals surface area contributed by atoms with Crippen LogP contribution < -0.4 is 10.1 Å². The Bertz CT molecular complexity index is 824. The Kier molecular flexibility index (Phi) is 8.17. The van der Waals surface area contributed by atoms with Crippen molar-refractivity contribution >= 4 is 29.9 Å². The molecule has 0 aliphatic carbocycles. The molecule has 1 aliphatic rings. The van der Waals surface area contributed by atoms with Gasteiger partial charge in [-0.05, 0) is 18.1 Å². The van der Waals surface area contributed by atoms with Gasteiger partial charge in [0, 0.05) is 51.4 Å². The molecule has 0 bridgehead atoms.